The van der Waals surface area contributed by atoms with Gasteiger partial charge in [0, 0.05) is 24.1 Å². The lowest BCUT2D eigenvalue weighted by atomic mass is 10.2. The van der Waals surface area contributed by atoms with Crippen molar-refractivity contribution in [3.05, 3.63) is 52.3 Å². The maximum atomic E-state index is 11.9. The molecule has 0 radical (unpaired) electrons. The Morgan fingerprint density at radius 3 is 2.94 bits per heavy atom. The van der Waals surface area contributed by atoms with Gasteiger partial charge in [0.05, 0.1) is 0 Å². The highest BCUT2D eigenvalue weighted by Gasteiger charge is 2.14. The van der Waals surface area contributed by atoms with Gasteiger partial charge in [-0.15, -0.1) is 0 Å². The SMILES string of the molecule is CN(Cc1cccc(Br)c1)C(=O)c1ccon1. The molecule has 0 fully saturated rings. The van der Waals surface area contributed by atoms with Gasteiger partial charge < -0.3 is 9.42 Å². The van der Waals surface area contributed by atoms with Crippen molar-refractivity contribution in [1.82, 2.24) is 10.1 Å². The van der Waals surface area contributed by atoms with Crippen LogP contribution in [0.25, 0.3) is 0 Å². The lowest BCUT2D eigenvalue weighted by Crippen LogP contribution is -2.26. The molecular formula is C12H11BrN2O2. The fourth-order valence-corrected chi connectivity index (χ4v) is 1.95. The molecule has 17 heavy (non-hydrogen) atoms. The smallest absolute Gasteiger partial charge is 0.276 e. The number of rotatable bonds is 3. The fourth-order valence-electron chi connectivity index (χ4n) is 1.50. The average Bonchev–Trinajstić information content (AvgIpc) is 2.81. The summed E-state index contributed by atoms with van der Waals surface area (Å²) < 4.78 is 5.65. The summed E-state index contributed by atoms with van der Waals surface area (Å²) in [5.41, 5.74) is 1.38. The Hall–Kier alpha value is -1.62. The Morgan fingerprint density at radius 1 is 1.47 bits per heavy atom. The van der Waals surface area contributed by atoms with Gasteiger partial charge >= 0.3 is 0 Å². The summed E-state index contributed by atoms with van der Waals surface area (Å²) in [7, 11) is 1.73. The summed E-state index contributed by atoms with van der Waals surface area (Å²) in [4.78, 5) is 13.5. The third kappa shape index (κ3) is 2.94. The van der Waals surface area contributed by atoms with Crippen LogP contribution in [0.15, 0.2) is 45.6 Å². The van der Waals surface area contributed by atoms with E-state index in [4.69, 9.17) is 0 Å². The predicted molar refractivity (Wildman–Crippen MR) is 66.4 cm³/mol. The van der Waals surface area contributed by atoms with Gasteiger partial charge in [-0.2, -0.15) is 0 Å². The number of carbonyl (C=O) groups is 1. The van der Waals surface area contributed by atoms with Crippen molar-refractivity contribution in [3.63, 3.8) is 0 Å². The maximum Gasteiger partial charge on any atom is 0.276 e. The number of halogens is 1. The summed E-state index contributed by atoms with van der Waals surface area (Å²) in [6, 6.07) is 9.39. The summed E-state index contributed by atoms with van der Waals surface area (Å²) in [6.07, 6.45) is 1.39. The predicted octanol–water partition coefficient (Wildman–Crippen LogP) is 2.71. The highest BCUT2D eigenvalue weighted by atomic mass is 79.9. The zero-order chi connectivity index (χ0) is 12.3. The molecule has 0 aliphatic carbocycles. The monoisotopic (exact) mass is 294 g/mol. The van der Waals surface area contributed by atoms with Crippen molar-refractivity contribution < 1.29 is 9.32 Å². The molecule has 0 spiro atoms. The molecule has 0 aliphatic heterocycles. The van der Waals surface area contributed by atoms with Crippen molar-refractivity contribution >= 4 is 21.8 Å². The van der Waals surface area contributed by atoms with Gasteiger partial charge in [0.25, 0.3) is 5.91 Å². The molecular weight excluding hydrogens is 284 g/mol. The first kappa shape index (κ1) is 11.9. The van der Waals surface area contributed by atoms with Gasteiger partial charge in [-0.25, -0.2) is 0 Å². The largest absolute Gasteiger partial charge is 0.364 e. The minimum atomic E-state index is -0.154. The molecule has 88 valence electrons. The molecule has 4 nitrogen and oxygen atoms in total. The molecule has 2 aromatic rings. The third-order valence-corrected chi connectivity index (χ3v) is 2.81. The summed E-state index contributed by atoms with van der Waals surface area (Å²) in [5.74, 6) is -0.154. The van der Waals surface area contributed by atoms with Crippen molar-refractivity contribution in [2.24, 2.45) is 0 Å². The molecule has 2 rings (SSSR count). The standard InChI is InChI=1S/C12H11BrN2O2/c1-15(12(16)11-5-6-17-14-11)8-9-3-2-4-10(13)7-9/h2-7H,8H2,1H3. The second kappa shape index (κ2) is 5.14. The van der Waals surface area contributed by atoms with Crippen LogP contribution in [0, 0.1) is 0 Å². The van der Waals surface area contributed by atoms with E-state index in [-0.39, 0.29) is 5.91 Å². The van der Waals surface area contributed by atoms with Crippen LogP contribution in [0.3, 0.4) is 0 Å². The molecule has 0 bridgehead atoms. The van der Waals surface area contributed by atoms with Gasteiger partial charge in [0.1, 0.15) is 6.26 Å². The van der Waals surface area contributed by atoms with E-state index in [1.54, 1.807) is 18.0 Å². The van der Waals surface area contributed by atoms with E-state index in [0.29, 0.717) is 12.2 Å². The van der Waals surface area contributed by atoms with E-state index in [1.165, 1.54) is 6.26 Å². The summed E-state index contributed by atoms with van der Waals surface area (Å²) in [6.45, 7) is 0.533. The van der Waals surface area contributed by atoms with Crippen LogP contribution in [-0.2, 0) is 6.54 Å². The Morgan fingerprint density at radius 2 is 2.29 bits per heavy atom. The van der Waals surface area contributed by atoms with Crippen molar-refractivity contribution in [2.45, 2.75) is 6.54 Å². The summed E-state index contributed by atoms with van der Waals surface area (Å²) in [5, 5.41) is 3.62. The van der Waals surface area contributed by atoms with Crippen LogP contribution in [0.4, 0.5) is 0 Å². The van der Waals surface area contributed by atoms with Gasteiger partial charge in [-0.05, 0) is 17.7 Å². The van der Waals surface area contributed by atoms with Crippen LogP contribution in [0.2, 0.25) is 0 Å². The Bertz CT molecular complexity index is 511. The third-order valence-electron chi connectivity index (χ3n) is 2.31. The van der Waals surface area contributed by atoms with Crippen LogP contribution >= 0.6 is 15.9 Å². The number of nitrogens with zero attached hydrogens (tertiary/aromatic N) is 2. The van der Waals surface area contributed by atoms with Gasteiger partial charge in [0.2, 0.25) is 0 Å². The normalized spacial score (nSPS) is 10.2. The second-order valence-corrected chi connectivity index (χ2v) is 4.59. The lowest BCUT2D eigenvalue weighted by molar-refractivity contribution is 0.0774. The number of aromatic nitrogens is 1. The molecule has 1 aromatic carbocycles. The van der Waals surface area contributed by atoms with E-state index >= 15 is 0 Å². The maximum absolute atomic E-state index is 11.9. The number of hydrogen-bond acceptors (Lipinski definition) is 3. The summed E-state index contributed by atoms with van der Waals surface area (Å²) >= 11 is 3.40. The van der Waals surface area contributed by atoms with Crippen LogP contribution in [0.1, 0.15) is 16.1 Å². The lowest BCUT2D eigenvalue weighted by Gasteiger charge is -2.15. The van der Waals surface area contributed by atoms with Crippen LogP contribution < -0.4 is 0 Å². The first-order valence-corrected chi connectivity index (χ1v) is 5.86. The van der Waals surface area contributed by atoms with Crippen molar-refractivity contribution in [1.29, 1.82) is 0 Å². The van der Waals surface area contributed by atoms with Gasteiger partial charge in [-0.3, -0.25) is 4.79 Å². The van der Waals surface area contributed by atoms with Crippen molar-refractivity contribution in [3.8, 4) is 0 Å². The van der Waals surface area contributed by atoms with E-state index in [2.05, 4.69) is 25.6 Å². The van der Waals surface area contributed by atoms with E-state index in [1.807, 2.05) is 24.3 Å². The van der Waals surface area contributed by atoms with E-state index in [0.717, 1.165) is 10.0 Å². The van der Waals surface area contributed by atoms with Gasteiger partial charge in [0.15, 0.2) is 5.69 Å². The number of carbonyl (C=O) groups excluding carboxylic acids is 1. The molecule has 0 N–H and O–H groups in total. The number of hydrogen-bond donors (Lipinski definition) is 0. The van der Waals surface area contributed by atoms with Gasteiger partial charge in [-0.1, -0.05) is 33.2 Å². The second-order valence-electron chi connectivity index (χ2n) is 3.68. The highest BCUT2D eigenvalue weighted by molar-refractivity contribution is 9.10. The van der Waals surface area contributed by atoms with Crippen molar-refractivity contribution in [2.75, 3.05) is 7.05 Å². The molecule has 0 saturated heterocycles. The first-order chi connectivity index (χ1) is 8.16. The van der Waals surface area contributed by atoms with E-state index in [9.17, 15) is 4.79 Å². The molecule has 1 aromatic heterocycles. The number of amides is 1. The molecule has 0 unspecified atom stereocenters. The molecule has 0 atom stereocenters. The fraction of sp³-hybridized carbons (Fsp3) is 0.167. The van der Waals surface area contributed by atoms with E-state index < -0.39 is 0 Å². The van der Waals surface area contributed by atoms with Crippen LogP contribution in [-0.4, -0.2) is 23.0 Å². The number of benzene rings is 1. The molecule has 5 heteroatoms. The molecule has 1 heterocycles. The molecule has 0 aliphatic rings. The van der Waals surface area contributed by atoms with Crippen LogP contribution in [0.5, 0.6) is 0 Å². The zero-order valence-electron chi connectivity index (χ0n) is 9.26. The Balaban J connectivity index is 2.07. The topological polar surface area (TPSA) is 46.3 Å². The zero-order valence-corrected chi connectivity index (χ0v) is 10.8. The average molecular weight is 295 g/mol. The molecule has 1 amide bonds. The quantitative estimate of drug-likeness (QED) is 0.874. The minimum absolute atomic E-state index is 0.154. The molecule has 0 saturated carbocycles. The Kier molecular flexibility index (Phi) is 3.58. The first-order valence-electron chi connectivity index (χ1n) is 5.07. The highest BCUT2D eigenvalue weighted by Crippen LogP contribution is 2.13. The Labute approximate surface area is 107 Å². The minimum Gasteiger partial charge on any atom is -0.364 e.